The molecule has 0 aliphatic rings. The van der Waals surface area contributed by atoms with Crippen LogP contribution in [0.25, 0.3) is 11.0 Å². The zero-order valence-corrected chi connectivity index (χ0v) is 17.0. The van der Waals surface area contributed by atoms with Gasteiger partial charge in [0, 0.05) is 36.8 Å². The van der Waals surface area contributed by atoms with Crippen LogP contribution in [0, 0.1) is 0 Å². The molecule has 7 nitrogen and oxygen atoms in total. The van der Waals surface area contributed by atoms with E-state index >= 15 is 0 Å². The summed E-state index contributed by atoms with van der Waals surface area (Å²) >= 11 is 0. The lowest BCUT2D eigenvalue weighted by molar-refractivity contribution is -0.137. The molecule has 0 fully saturated rings. The maximum Gasteiger partial charge on any atom is 0.336 e. The van der Waals surface area contributed by atoms with E-state index in [-0.39, 0.29) is 5.91 Å². The molecule has 1 unspecified atom stereocenters. The highest BCUT2D eigenvalue weighted by atomic mass is 16.5. The van der Waals surface area contributed by atoms with Crippen molar-refractivity contribution in [2.24, 2.45) is 0 Å². The van der Waals surface area contributed by atoms with Gasteiger partial charge in [0.05, 0.1) is 19.3 Å². The predicted molar refractivity (Wildman–Crippen MR) is 109 cm³/mol. The summed E-state index contributed by atoms with van der Waals surface area (Å²) < 4.78 is 16.3. The molecule has 0 spiro atoms. The lowest BCUT2D eigenvalue weighted by Crippen LogP contribution is -2.37. The third-order valence-corrected chi connectivity index (χ3v) is 4.64. The van der Waals surface area contributed by atoms with E-state index in [1.807, 2.05) is 13.0 Å². The summed E-state index contributed by atoms with van der Waals surface area (Å²) in [4.78, 5) is 30.2. The number of fused-ring (bicyclic) bond motifs is 1. The number of nitrogens with zero attached hydrogens (tertiary/aromatic N) is 2. The molecule has 1 amide bonds. The molecule has 7 heteroatoms. The SMILES string of the molecule is CCc1cc(=O)oc2cc(OC(C)C(=O)N(C)Cc3cc(OC)ccn3)ccc12. The number of pyridine rings is 1. The molecule has 3 rings (SSSR count). The van der Waals surface area contributed by atoms with E-state index in [0.717, 1.165) is 17.4 Å². The summed E-state index contributed by atoms with van der Waals surface area (Å²) in [5.74, 6) is 0.949. The van der Waals surface area contributed by atoms with Gasteiger partial charge in [-0.25, -0.2) is 4.79 Å². The van der Waals surface area contributed by atoms with Crippen LogP contribution in [0.1, 0.15) is 25.1 Å². The van der Waals surface area contributed by atoms with E-state index in [1.165, 1.54) is 6.07 Å². The first-order chi connectivity index (χ1) is 13.9. The number of hydrogen-bond donors (Lipinski definition) is 0. The fourth-order valence-corrected chi connectivity index (χ4v) is 3.13. The number of methoxy groups -OCH3 is 1. The van der Waals surface area contributed by atoms with Gasteiger partial charge in [-0.2, -0.15) is 0 Å². The standard InChI is InChI=1S/C22H24N2O5/c1-5-15-10-21(25)29-20-12-18(6-7-19(15)20)28-14(2)22(26)24(3)13-16-11-17(27-4)8-9-23-16/h6-12,14H,5,13H2,1-4H3. The number of ether oxygens (including phenoxy) is 2. The Labute approximate surface area is 168 Å². The molecular formula is C22H24N2O5. The van der Waals surface area contributed by atoms with E-state index in [0.29, 0.717) is 29.3 Å². The van der Waals surface area contributed by atoms with Crippen molar-refractivity contribution in [2.45, 2.75) is 32.9 Å². The average Bonchev–Trinajstić information content (AvgIpc) is 2.72. The number of benzene rings is 1. The highest BCUT2D eigenvalue weighted by molar-refractivity contribution is 5.83. The topological polar surface area (TPSA) is 81.9 Å². The first kappa shape index (κ1) is 20.4. The van der Waals surface area contributed by atoms with Gasteiger partial charge in [0.25, 0.3) is 5.91 Å². The highest BCUT2D eigenvalue weighted by Crippen LogP contribution is 2.24. The predicted octanol–water partition coefficient (Wildman–Crippen LogP) is 3.18. The average molecular weight is 396 g/mol. The third-order valence-electron chi connectivity index (χ3n) is 4.64. The second-order valence-electron chi connectivity index (χ2n) is 6.74. The second-order valence-corrected chi connectivity index (χ2v) is 6.74. The largest absolute Gasteiger partial charge is 0.497 e. The Bertz CT molecular complexity index is 1080. The molecule has 3 aromatic rings. The second kappa shape index (κ2) is 8.77. The minimum atomic E-state index is -0.718. The van der Waals surface area contributed by atoms with Crippen LogP contribution < -0.4 is 15.1 Å². The van der Waals surface area contributed by atoms with E-state index in [9.17, 15) is 9.59 Å². The number of rotatable bonds is 7. The van der Waals surface area contributed by atoms with Gasteiger partial charge < -0.3 is 18.8 Å². The van der Waals surface area contributed by atoms with Gasteiger partial charge in [-0.1, -0.05) is 6.92 Å². The Morgan fingerprint density at radius 3 is 2.72 bits per heavy atom. The number of amides is 1. The summed E-state index contributed by atoms with van der Waals surface area (Å²) in [6.07, 6.45) is 1.64. The number of likely N-dealkylation sites (N-methyl/N-ethyl adjacent to an activating group) is 1. The molecule has 0 aliphatic carbocycles. The van der Waals surface area contributed by atoms with Gasteiger partial charge in [-0.15, -0.1) is 0 Å². The van der Waals surface area contributed by atoms with Gasteiger partial charge in [0.2, 0.25) is 0 Å². The molecule has 0 aliphatic heterocycles. The van der Waals surface area contributed by atoms with Crippen LogP contribution in [0.15, 0.2) is 51.8 Å². The molecule has 2 heterocycles. The van der Waals surface area contributed by atoms with Crippen LogP contribution in [0.4, 0.5) is 0 Å². The lowest BCUT2D eigenvalue weighted by Gasteiger charge is -2.22. The smallest absolute Gasteiger partial charge is 0.336 e. The molecule has 29 heavy (non-hydrogen) atoms. The molecule has 0 saturated carbocycles. The Morgan fingerprint density at radius 1 is 1.21 bits per heavy atom. The van der Waals surface area contributed by atoms with Crippen LogP contribution in [0.2, 0.25) is 0 Å². The van der Waals surface area contributed by atoms with Gasteiger partial charge in [0.1, 0.15) is 17.1 Å². The minimum Gasteiger partial charge on any atom is -0.497 e. The fraction of sp³-hybridized carbons (Fsp3) is 0.318. The fourth-order valence-electron chi connectivity index (χ4n) is 3.13. The third kappa shape index (κ3) is 4.74. The van der Waals surface area contributed by atoms with Crippen molar-refractivity contribution in [3.8, 4) is 11.5 Å². The van der Waals surface area contributed by atoms with Crippen LogP contribution in [0.3, 0.4) is 0 Å². The summed E-state index contributed by atoms with van der Waals surface area (Å²) in [6, 6.07) is 10.3. The van der Waals surface area contributed by atoms with Crippen LogP contribution >= 0.6 is 0 Å². The van der Waals surface area contributed by atoms with Crippen molar-refractivity contribution in [2.75, 3.05) is 14.2 Å². The molecule has 2 aromatic heterocycles. The number of hydrogen-bond acceptors (Lipinski definition) is 6. The molecule has 1 atom stereocenters. The highest BCUT2D eigenvalue weighted by Gasteiger charge is 2.20. The van der Waals surface area contributed by atoms with Crippen molar-refractivity contribution in [1.82, 2.24) is 9.88 Å². The van der Waals surface area contributed by atoms with Crippen LogP contribution in [-0.4, -0.2) is 36.1 Å². The quantitative estimate of drug-likeness (QED) is 0.571. The molecule has 1 aromatic carbocycles. The Balaban J connectivity index is 1.72. The van der Waals surface area contributed by atoms with Gasteiger partial charge in [0.15, 0.2) is 6.10 Å². The molecular weight excluding hydrogens is 372 g/mol. The van der Waals surface area contributed by atoms with Crippen molar-refractivity contribution >= 4 is 16.9 Å². The summed E-state index contributed by atoms with van der Waals surface area (Å²) in [5, 5.41) is 0.861. The molecule has 0 radical (unpaired) electrons. The molecule has 0 N–H and O–H groups in total. The number of carbonyl (C=O) groups excluding carboxylic acids is 1. The zero-order valence-electron chi connectivity index (χ0n) is 17.0. The van der Waals surface area contributed by atoms with E-state index in [2.05, 4.69) is 4.98 Å². The summed E-state index contributed by atoms with van der Waals surface area (Å²) in [7, 11) is 3.27. The van der Waals surface area contributed by atoms with Crippen LogP contribution in [-0.2, 0) is 17.8 Å². The van der Waals surface area contributed by atoms with E-state index in [4.69, 9.17) is 13.9 Å². The number of aryl methyl sites for hydroxylation is 1. The van der Waals surface area contributed by atoms with E-state index in [1.54, 1.807) is 56.4 Å². The monoisotopic (exact) mass is 396 g/mol. The van der Waals surface area contributed by atoms with Crippen molar-refractivity contribution in [3.63, 3.8) is 0 Å². The first-order valence-electron chi connectivity index (χ1n) is 9.38. The maximum atomic E-state index is 12.7. The number of aromatic nitrogens is 1. The summed E-state index contributed by atoms with van der Waals surface area (Å²) in [5.41, 5.74) is 1.67. The number of carbonyl (C=O) groups is 1. The van der Waals surface area contributed by atoms with Crippen molar-refractivity contribution in [3.05, 3.63) is 64.3 Å². The molecule has 152 valence electrons. The van der Waals surface area contributed by atoms with Gasteiger partial charge >= 0.3 is 5.63 Å². The van der Waals surface area contributed by atoms with E-state index < -0.39 is 11.7 Å². The Morgan fingerprint density at radius 2 is 2.00 bits per heavy atom. The molecule has 0 saturated heterocycles. The first-order valence-corrected chi connectivity index (χ1v) is 9.38. The van der Waals surface area contributed by atoms with Gasteiger partial charge in [-0.05, 0) is 37.1 Å². The van der Waals surface area contributed by atoms with Crippen LogP contribution in [0.5, 0.6) is 11.5 Å². The van der Waals surface area contributed by atoms with Gasteiger partial charge in [-0.3, -0.25) is 9.78 Å². The minimum absolute atomic E-state index is 0.196. The Hall–Kier alpha value is -3.35. The maximum absolute atomic E-state index is 12.7. The van der Waals surface area contributed by atoms with Crippen molar-refractivity contribution in [1.29, 1.82) is 0 Å². The summed E-state index contributed by atoms with van der Waals surface area (Å²) in [6.45, 7) is 3.99. The lowest BCUT2D eigenvalue weighted by atomic mass is 10.1. The zero-order chi connectivity index (χ0) is 21.0. The Kier molecular flexibility index (Phi) is 6.16. The normalized spacial score (nSPS) is 11.9. The molecule has 0 bridgehead atoms. The van der Waals surface area contributed by atoms with Crippen molar-refractivity contribution < 1.29 is 18.7 Å².